The molecule has 0 unspecified atom stereocenters. The van der Waals surface area contributed by atoms with Gasteiger partial charge >= 0.3 is 5.63 Å². The molecule has 0 spiro atoms. The molecule has 9 heteroatoms. The molecule has 0 bridgehead atoms. The number of benzene rings is 2. The third kappa shape index (κ3) is 4.42. The molecule has 0 saturated heterocycles. The van der Waals surface area contributed by atoms with E-state index in [1.54, 1.807) is 41.8 Å². The zero-order chi connectivity index (χ0) is 20.4. The third-order valence-corrected chi connectivity index (χ3v) is 5.54. The number of nitrogens with zero attached hydrogens (tertiary/aromatic N) is 1. The van der Waals surface area contributed by atoms with Crippen LogP contribution in [0.3, 0.4) is 0 Å². The first kappa shape index (κ1) is 19.4. The molecule has 6 nitrogen and oxygen atoms in total. The first-order chi connectivity index (χ1) is 14.0. The van der Waals surface area contributed by atoms with E-state index in [1.807, 2.05) is 12.1 Å². The minimum absolute atomic E-state index is 0.0188. The molecule has 2 aromatic heterocycles. The van der Waals surface area contributed by atoms with Crippen molar-refractivity contribution in [3.63, 3.8) is 0 Å². The highest BCUT2D eigenvalue weighted by atomic mass is 35.5. The first-order valence-corrected chi connectivity index (χ1v) is 10.1. The summed E-state index contributed by atoms with van der Waals surface area (Å²) < 4.78 is 5.33. The van der Waals surface area contributed by atoms with Crippen molar-refractivity contribution in [3.05, 3.63) is 74.4 Å². The van der Waals surface area contributed by atoms with Gasteiger partial charge in [-0.2, -0.15) is 0 Å². The number of thiazole rings is 1. The van der Waals surface area contributed by atoms with Gasteiger partial charge in [0.15, 0.2) is 5.13 Å². The molecule has 4 aromatic rings. The molecule has 29 heavy (non-hydrogen) atoms. The Labute approximate surface area is 179 Å². The summed E-state index contributed by atoms with van der Waals surface area (Å²) in [4.78, 5) is 28.8. The van der Waals surface area contributed by atoms with E-state index in [0.29, 0.717) is 37.7 Å². The van der Waals surface area contributed by atoms with Crippen LogP contribution in [0, 0.1) is 0 Å². The van der Waals surface area contributed by atoms with E-state index in [-0.39, 0.29) is 12.5 Å². The third-order valence-electron chi connectivity index (χ3n) is 4.04. The summed E-state index contributed by atoms with van der Waals surface area (Å²) in [5.41, 5.74) is 1.49. The number of rotatable bonds is 5. The second-order valence-electron chi connectivity index (χ2n) is 6.05. The summed E-state index contributed by atoms with van der Waals surface area (Å²) in [7, 11) is 0. The molecular formula is C20H13Cl2N3O3S. The molecule has 2 heterocycles. The number of halogens is 2. The van der Waals surface area contributed by atoms with Crippen LogP contribution >= 0.6 is 34.5 Å². The predicted molar refractivity (Wildman–Crippen MR) is 117 cm³/mol. The first-order valence-electron chi connectivity index (χ1n) is 8.47. The summed E-state index contributed by atoms with van der Waals surface area (Å²) in [6.45, 7) is 0.0188. The number of anilines is 2. The van der Waals surface area contributed by atoms with E-state index in [2.05, 4.69) is 15.6 Å². The summed E-state index contributed by atoms with van der Waals surface area (Å²) in [6.07, 6.45) is 0. The highest BCUT2D eigenvalue weighted by Crippen LogP contribution is 2.26. The van der Waals surface area contributed by atoms with Crippen LogP contribution in [0.4, 0.5) is 10.8 Å². The van der Waals surface area contributed by atoms with Crippen molar-refractivity contribution in [3.8, 4) is 11.3 Å². The number of carbonyl (C=O) groups is 1. The van der Waals surface area contributed by atoms with Crippen molar-refractivity contribution in [2.24, 2.45) is 0 Å². The van der Waals surface area contributed by atoms with Gasteiger partial charge in [0.1, 0.15) is 5.58 Å². The highest BCUT2D eigenvalue weighted by molar-refractivity contribution is 7.14. The van der Waals surface area contributed by atoms with Crippen LogP contribution in [0.2, 0.25) is 10.0 Å². The van der Waals surface area contributed by atoms with Crippen molar-refractivity contribution in [2.75, 3.05) is 17.2 Å². The van der Waals surface area contributed by atoms with Crippen LogP contribution < -0.4 is 16.3 Å². The van der Waals surface area contributed by atoms with Crippen LogP contribution in [0.15, 0.2) is 63.1 Å². The predicted octanol–water partition coefficient (Wildman–Crippen LogP) is 5.27. The Balaban J connectivity index is 1.45. The minimum atomic E-state index is -0.479. The van der Waals surface area contributed by atoms with Gasteiger partial charge < -0.3 is 15.1 Å². The number of carbonyl (C=O) groups excluding carboxylic acids is 1. The van der Waals surface area contributed by atoms with E-state index in [4.69, 9.17) is 27.6 Å². The maximum absolute atomic E-state index is 12.3. The van der Waals surface area contributed by atoms with Gasteiger partial charge in [-0.25, -0.2) is 9.78 Å². The van der Waals surface area contributed by atoms with E-state index in [1.165, 1.54) is 11.3 Å². The van der Waals surface area contributed by atoms with E-state index in [9.17, 15) is 9.59 Å². The lowest BCUT2D eigenvalue weighted by atomic mass is 10.1. The maximum Gasteiger partial charge on any atom is 0.345 e. The van der Waals surface area contributed by atoms with Crippen LogP contribution in [0.5, 0.6) is 0 Å². The van der Waals surface area contributed by atoms with Crippen LogP contribution in [0.1, 0.15) is 0 Å². The maximum atomic E-state index is 12.3. The molecule has 2 N–H and O–H groups in total. The molecule has 2 aromatic carbocycles. The number of nitrogens with one attached hydrogen (secondary N) is 2. The number of para-hydroxylation sites is 1. The Kier molecular flexibility index (Phi) is 5.53. The highest BCUT2D eigenvalue weighted by Gasteiger charge is 2.13. The average Bonchev–Trinajstić information content (AvgIpc) is 3.16. The fraction of sp³-hybridized carbons (Fsp3) is 0.0500. The van der Waals surface area contributed by atoms with Gasteiger partial charge in [0, 0.05) is 16.5 Å². The van der Waals surface area contributed by atoms with Crippen molar-refractivity contribution in [2.45, 2.75) is 0 Å². The Morgan fingerprint density at radius 2 is 1.93 bits per heavy atom. The Morgan fingerprint density at radius 3 is 2.76 bits per heavy atom. The molecule has 146 valence electrons. The minimum Gasteiger partial charge on any atom is -0.422 e. The van der Waals surface area contributed by atoms with Gasteiger partial charge in [-0.15, -0.1) is 11.3 Å². The molecule has 0 aliphatic carbocycles. The van der Waals surface area contributed by atoms with Crippen molar-refractivity contribution in [1.29, 1.82) is 0 Å². The molecule has 0 aliphatic rings. The summed E-state index contributed by atoms with van der Waals surface area (Å²) in [5, 5.41) is 9.37. The topological polar surface area (TPSA) is 84.2 Å². The second-order valence-corrected chi connectivity index (χ2v) is 7.73. The van der Waals surface area contributed by atoms with Crippen LogP contribution in [0.25, 0.3) is 22.2 Å². The SMILES string of the molecule is O=C(CNc1ccc(Cl)c(Cl)c1)Nc1nc(-c2cc3ccccc3oc2=O)cs1. The zero-order valence-corrected chi connectivity index (χ0v) is 17.1. The fourth-order valence-corrected chi connectivity index (χ4v) is 3.67. The van der Waals surface area contributed by atoms with Gasteiger partial charge in [0.05, 0.1) is 27.8 Å². The van der Waals surface area contributed by atoms with Gasteiger partial charge in [0.25, 0.3) is 0 Å². The number of fused-ring (bicyclic) bond motifs is 1. The summed E-state index contributed by atoms with van der Waals surface area (Å²) >= 11 is 13.0. The quantitative estimate of drug-likeness (QED) is 0.408. The van der Waals surface area contributed by atoms with E-state index in [0.717, 1.165) is 5.39 Å². The summed E-state index contributed by atoms with van der Waals surface area (Å²) in [5.74, 6) is -0.289. The lowest BCUT2D eigenvalue weighted by Crippen LogP contribution is -2.21. The molecule has 0 saturated carbocycles. The summed E-state index contributed by atoms with van der Waals surface area (Å²) in [6, 6.07) is 14.0. The molecule has 4 rings (SSSR count). The Bertz CT molecular complexity index is 1270. The fourth-order valence-electron chi connectivity index (χ4n) is 2.65. The normalized spacial score (nSPS) is 10.8. The molecule has 0 atom stereocenters. The van der Waals surface area contributed by atoms with Crippen LogP contribution in [-0.4, -0.2) is 17.4 Å². The largest absolute Gasteiger partial charge is 0.422 e. The van der Waals surface area contributed by atoms with Gasteiger partial charge in [-0.1, -0.05) is 41.4 Å². The van der Waals surface area contributed by atoms with Crippen molar-refractivity contribution >= 4 is 62.2 Å². The standard InChI is InChI=1S/C20H13Cl2N3O3S/c21-14-6-5-12(8-15(14)22)23-9-18(26)25-20-24-16(10-29-20)13-7-11-3-1-2-4-17(11)28-19(13)27/h1-8,10,23H,9H2,(H,24,25,26). The number of hydrogen-bond donors (Lipinski definition) is 2. The van der Waals surface area contributed by atoms with Crippen molar-refractivity contribution in [1.82, 2.24) is 4.98 Å². The zero-order valence-electron chi connectivity index (χ0n) is 14.7. The lowest BCUT2D eigenvalue weighted by Gasteiger charge is -2.07. The molecular weight excluding hydrogens is 433 g/mol. The van der Waals surface area contributed by atoms with Crippen LogP contribution in [-0.2, 0) is 4.79 Å². The van der Waals surface area contributed by atoms with E-state index >= 15 is 0 Å². The molecule has 0 fully saturated rings. The Hall–Kier alpha value is -2.87. The molecule has 0 radical (unpaired) electrons. The molecule has 1 amide bonds. The smallest absolute Gasteiger partial charge is 0.345 e. The lowest BCUT2D eigenvalue weighted by molar-refractivity contribution is -0.114. The molecule has 0 aliphatic heterocycles. The van der Waals surface area contributed by atoms with E-state index < -0.39 is 5.63 Å². The van der Waals surface area contributed by atoms with Crippen molar-refractivity contribution < 1.29 is 9.21 Å². The van der Waals surface area contributed by atoms with Gasteiger partial charge in [-0.3, -0.25) is 4.79 Å². The number of hydrogen-bond acceptors (Lipinski definition) is 6. The van der Waals surface area contributed by atoms with Gasteiger partial charge in [0.2, 0.25) is 5.91 Å². The second kappa shape index (κ2) is 8.24. The number of aromatic nitrogens is 1. The monoisotopic (exact) mass is 445 g/mol. The average molecular weight is 446 g/mol. The number of amides is 1. The Morgan fingerprint density at radius 1 is 1.10 bits per heavy atom. The van der Waals surface area contributed by atoms with Gasteiger partial charge in [-0.05, 0) is 30.3 Å².